The zero-order chi connectivity index (χ0) is 13.5. The normalized spacial score (nSPS) is 12.5. The number of nitrogens with zero attached hydrogens (tertiary/aromatic N) is 2. The highest BCUT2D eigenvalue weighted by Crippen LogP contribution is 2.21. The van der Waals surface area contributed by atoms with E-state index in [1.165, 1.54) is 0 Å². The molecule has 0 bridgehead atoms. The molecular formula is C15H19ClN2O. The second-order valence-electron chi connectivity index (χ2n) is 4.72. The third-order valence-electron chi connectivity index (χ3n) is 3.21. The third kappa shape index (κ3) is 4.69. The minimum Gasteiger partial charge on any atom is -0.388 e. The SMILES string of the molecule is OC(CCCCCn1ccnc1)c1ccc(Cl)cc1. The van der Waals surface area contributed by atoms with E-state index >= 15 is 0 Å². The molecule has 0 saturated carbocycles. The molecule has 1 aromatic heterocycles. The van der Waals surface area contributed by atoms with Gasteiger partial charge in [0.05, 0.1) is 12.4 Å². The van der Waals surface area contributed by atoms with Gasteiger partial charge in [0, 0.05) is 24.0 Å². The van der Waals surface area contributed by atoms with Crippen LogP contribution >= 0.6 is 11.6 Å². The van der Waals surface area contributed by atoms with Crippen LogP contribution in [-0.4, -0.2) is 14.7 Å². The maximum atomic E-state index is 10.0. The van der Waals surface area contributed by atoms with Crippen molar-refractivity contribution in [1.82, 2.24) is 9.55 Å². The summed E-state index contributed by atoms with van der Waals surface area (Å²) in [5, 5.41) is 10.7. The summed E-state index contributed by atoms with van der Waals surface area (Å²) < 4.78 is 2.08. The highest BCUT2D eigenvalue weighted by atomic mass is 35.5. The lowest BCUT2D eigenvalue weighted by molar-refractivity contribution is 0.163. The smallest absolute Gasteiger partial charge is 0.0945 e. The monoisotopic (exact) mass is 278 g/mol. The lowest BCUT2D eigenvalue weighted by atomic mass is 10.0. The predicted octanol–water partition coefficient (Wildman–Crippen LogP) is 3.83. The first-order chi connectivity index (χ1) is 9.25. The molecule has 1 N–H and O–H groups in total. The lowest BCUT2D eigenvalue weighted by Crippen LogP contribution is -1.98. The summed E-state index contributed by atoms with van der Waals surface area (Å²) in [4.78, 5) is 4.01. The second-order valence-corrected chi connectivity index (χ2v) is 5.15. The van der Waals surface area contributed by atoms with E-state index in [2.05, 4.69) is 9.55 Å². The number of benzene rings is 1. The van der Waals surface area contributed by atoms with Crippen molar-refractivity contribution in [3.8, 4) is 0 Å². The van der Waals surface area contributed by atoms with E-state index in [0.29, 0.717) is 5.02 Å². The van der Waals surface area contributed by atoms with Gasteiger partial charge in [0.1, 0.15) is 0 Å². The quantitative estimate of drug-likeness (QED) is 0.782. The van der Waals surface area contributed by atoms with Gasteiger partial charge in [0.15, 0.2) is 0 Å². The standard InChI is InChI=1S/C15H19ClN2O/c16-14-7-5-13(6-8-14)15(19)4-2-1-3-10-18-11-9-17-12-18/h5-9,11-12,15,19H,1-4,10H2. The van der Waals surface area contributed by atoms with Gasteiger partial charge in [0.2, 0.25) is 0 Å². The maximum Gasteiger partial charge on any atom is 0.0945 e. The molecule has 1 unspecified atom stereocenters. The van der Waals surface area contributed by atoms with Gasteiger partial charge in [0.25, 0.3) is 0 Å². The number of unbranched alkanes of at least 4 members (excludes halogenated alkanes) is 2. The topological polar surface area (TPSA) is 38.0 Å². The van der Waals surface area contributed by atoms with Crippen molar-refractivity contribution < 1.29 is 5.11 Å². The molecule has 1 heterocycles. The van der Waals surface area contributed by atoms with Crippen LogP contribution in [0.4, 0.5) is 0 Å². The largest absolute Gasteiger partial charge is 0.388 e. The molecule has 0 aliphatic carbocycles. The van der Waals surface area contributed by atoms with Crippen LogP contribution < -0.4 is 0 Å². The molecule has 0 amide bonds. The Kier molecular flexibility index (Phi) is 5.43. The molecule has 102 valence electrons. The van der Waals surface area contributed by atoms with Crippen molar-refractivity contribution in [3.05, 3.63) is 53.6 Å². The van der Waals surface area contributed by atoms with E-state index in [-0.39, 0.29) is 6.10 Å². The van der Waals surface area contributed by atoms with E-state index in [4.69, 9.17) is 11.6 Å². The highest BCUT2D eigenvalue weighted by Gasteiger charge is 2.06. The van der Waals surface area contributed by atoms with Crippen molar-refractivity contribution in [2.45, 2.75) is 38.3 Å². The van der Waals surface area contributed by atoms with Crippen LogP contribution in [0.2, 0.25) is 5.02 Å². The number of aliphatic hydroxyl groups is 1. The molecule has 19 heavy (non-hydrogen) atoms. The van der Waals surface area contributed by atoms with Gasteiger partial charge in [-0.15, -0.1) is 0 Å². The minimum atomic E-state index is -0.384. The fourth-order valence-electron chi connectivity index (χ4n) is 2.08. The van der Waals surface area contributed by atoms with Crippen LogP contribution in [0.1, 0.15) is 37.4 Å². The number of halogens is 1. The summed E-state index contributed by atoms with van der Waals surface area (Å²) in [7, 11) is 0. The number of hydrogen-bond donors (Lipinski definition) is 1. The van der Waals surface area contributed by atoms with Crippen LogP contribution in [0, 0.1) is 0 Å². The average Bonchev–Trinajstić information content (AvgIpc) is 2.92. The van der Waals surface area contributed by atoms with E-state index in [9.17, 15) is 5.11 Å². The molecule has 0 spiro atoms. The molecule has 0 radical (unpaired) electrons. The van der Waals surface area contributed by atoms with Crippen molar-refractivity contribution >= 4 is 11.6 Å². The van der Waals surface area contributed by atoms with E-state index < -0.39 is 0 Å². The van der Waals surface area contributed by atoms with Gasteiger partial charge in [-0.1, -0.05) is 36.6 Å². The molecule has 2 rings (SSSR count). The van der Waals surface area contributed by atoms with Crippen molar-refractivity contribution in [2.75, 3.05) is 0 Å². The van der Waals surface area contributed by atoms with Gasteiger partial charge in [-0.25, -0.2) is 4.98 Å². The highest BCUT2D eigenvalue weighted by molar-refractivity contribution is 6.30. The average molecular weight is 279 g/mol. The van der Waals surface area contributed by atoms with Crippen LogP contribution in [0.25, 0.3) is 0 Å². The van der Waals surface area contributed by atoms with Crippen LogP contribution in [-0.2, 0) is 6.54 Å². The number of imidazole rings is 1. The van der Waals surface area contributed by atoms with Gasteiger partial charge < -0.3 is 9.67 Å². The first kappa shape index (κ1) is 14.1. The van der Waals surface area contributed by atoms with Crippen molar-refractivity contribution in [2.24, 2.45) is 0 Å². The summed E-state index contributed by atoms with van der Waals surface area (Å²) >= 11 is 5.82. The molecule has 0 aliphatic rings. The Hall–Kier alpha value is -1.32. The molecule has 0 saturated heterocycles. The van der Waals surface area contributed by atoms with E-state index in [0.717, 1.165) is 37.8 Å². The summed E-state index contributed by atoms with van der Waals surface area (Å²) in [5.74, 6) is 0. The third-order valence-corrected chi connectivity index (χ3v) is 3.46. The van der Waals surface area contributed by atoms with Crippen molar-refractivity contribution in [1.29, 1.82) is 0 Å². The Morgan fingerprint density at radius 2 is 1.95 bits per heavy atom. The molecule has 2 aromatic rings. The lowest BCUT2D eigenvalue weighted by Gasteiger charge is -2.11. The number of aliphatic hydroxyl groups excluding tert-OH is 1. The van der Waals surface area contributed by atoms with Crippen LogP contribution in [0.3, 0.4) is 0 Å². The Balaban J connectivity index is 1.63. The molecule has 0 fully saturated rings. The Morgan fingerprint density at radius 1 is 1.16 bits per heavy atom. The van der Waals surface area contributed by atoms with E-state index in [1.54, 1.807) is 6.20 Å². The molecular weight excluding hydrogens is 260 g/mol. The molecule has 4 heteroatoms. The summed E-state index contributed by atoms with van der Waals surface area (Å²) in [6.45, 7) is 0.997. The fraction of sp³-hybridized carbons (Fsp3) is 0.400. The first-order valence-electron chi connectivity index (χ1n) is 6.65. The van der Waals surface area contributed by atoms with Gasteiger partial charge >= 0.3 is 0 Å². The fourth-order valence-corrected chi connectivity index (χ4v) is 2.21. The Labute approximate surface area is 118 Å². The Morgan fingerprint density at radius 3 is 2.63 bits per heavy atom. The summed E-state index contributed by atoms with van der Waals surface area (Å²) in [5.41, 5.74) is 0.944. The molecule has 0 aliphatic heterocycles. The molecule has 3 nitrogen and oxygen atoms in total. The zero-order valence-corrected chi connectivity index (χ0v) is 11.6. The van der Waals surface area contributed by atoms with E-state index in [1.807, 2.05) is 36.8 Å². The van der Waals surface area contributed by atoms with Gasteiger partial charge in [-0.05, 0) is 30.5 Å². The second kappa shape index (κ2) is 7.31. The molecule has 1 atom stereocenters. The number of aromatic nitrogens is 2. The van der Waals surface area contributed by atoms with Crippen LogP contribution in [0.5, 0.6) is 0 Å². The van der Waals surface area contributed by atoms with Crippen molar-refractivity contribution in [3.63, 3.8) is 0 Å². The summed E-state index contributed by atoms with van der Waals surface area (Å²) in [6, 6.07) is 7.41. The van der Waals surface area contributed by atoms with Gasteiger partial charge in [-0.2, -0.15) is 0 Å². The van der Waals surface area contributed by atoms with Crippen LogP contribution in [0.15, 0.2) is 43.0 Å². The number of aryl methyl sites for hydroxylation is 1. The number of hydrogen-bond acceptors (Lipinski definition) is 2. The first-order valence-corrected chi connectivity index (χ1v) is 7.03. The Bertz CT molecular complexity index is 467. The number of rotatable bonds is 7. The molecule has 1 aromatic carbocycles. The zero-order valence-electron chi connectivity index (χ0n) is 10.9. The minimum absolute atomic E-state index is 0.384. The predicted molar refractivity (Wildman–Crippen MR) is 77.1 cm³/mol. The summed E-state index contributed by atoms with van der Waals surface area (Å²) in [6.07, 6.45) is 9.27. The maximum absolute atomic E-state index is 10.0. The van der Waals surface area contributed by atoms with Gasteiger partial charge in [-0.3, -0.25) is 0 Å².